The lowest BCUT2D eigenvalue weighted by atomic mass is 9.86. The van der Waals surface area contributed by atoms with Gasteiger partial charge in [0.05, 0.1) is 0 Å². The molecular formula is C14H15BrO. The van der Waals surface area contributed by atoms with Gasteiger partial charge in [-0.2, -0.15) is 0 Å². The molecule has 2 heteroatoms. The Balaban J connectivity index is 2.26. The third kappa shape index (κ3) is 1.39. The van der Waals surface area contributed by atoms with E-state index in [-0.39, 0.29) is 5.92 Å². The highest BCUT2D eigenvalue weighted by molar-refractivity contribution is 9.10. The summed E-state index contributed by atoms with van der Waals surface area (Å²) in [6.45, 7) is 2.05. The fourth-order valence-electron chi connectivity index (χ4n) is 3.06. The molecule has 2 aliphatic carbocycles. The molecule has 0 amide bonds. The first kappa shape index (κ1) is 10.5. The van der Waals surface area contributed by atoms with Gasteiger partial charge in [-0.05, 0) is 54.9 Å². The van der Waals surface area contributed by atoms with Gasteiger partial charge in [0.25, 0.3) is 0 Å². The smallest absolute Gasteiger partial charge is 0.166 e. The molecule has 0 saturated carbocycles. The minimum absolute atomic E-state index is 0.180. The van der Waals surface area contributed by atoms with Crippen molar-refractivity contribution in [1.29, 1.82) is 0 Å². The molecule has 0 N–H and O–H groups in total. The van der Waals surface area contributed by atoms with E-state index in [9.17, 15) is 4.79 Å². The Bertz CT molecular complexity index is 476. The first-order valence-electron chi connectivity index (χ1n) is 6.06. The standard InChI is InChI=1S/C14H15BrO/c1-8-6-11-12(15)7-9-4-2-3-5-10(9)13(11)14(8)16/h7-8H,2-6H2,1H3. The monoisotopic (exact) mass is 278 g/mol. The molecule has 84 valence electrons. The fourth-order valence-corrected chi connectivity index (χ4v) is 3.69. The summed E-state index contributed by atoms with van der Waals surface area (Å²) in [5, 5.41) is 0. The van der Waals surface area contributed by atoms with E-state index in [2.05, 4.69) is 22.0 Å². The van der Waals surface area contributed by atoms with E-state index in [1.54, 1.807) is 0 Å². The van der Waals surface area contributed by atoms with Gasteiger partial charge in [-0.25, -0.2) is 0 Å². The number of rotatable bonds is 0. The van der Waals surface area contributed by atoms with Crippen LogP contribution < -0.4 is 0 Å². The zero-order valence-corrected chi connectivity index (χ0v) is 11.1. The van der Waals surface area contributed by atoms with Crippen molar-refractivity contribution in [3.8, 4) is 0 Å². The van der Waals surface area contributed by atoms with E-state index in [1.807, 2.05) is 6.92 Å². The first-order valence-corrected chi connectivity index (χ1v) is 6.85. The van der Waals surface area contributed by atoms with Crippen LogP contribution in [0.5, 0.6) is 0 Å². The largest absolute Gasteiger partial charge is 0.294 e. The maximum atomic E-state index is 12.2. The third-order valence-electron chi connectivity index (χ3n) is 3.91. The Kier molecular flexibility index (Phi) is 2.43. The highest BCUT2D eigenvalue weighted by Gasteiger charge is 2.32. The molecule has 0 fully saturated rings. The van der Waals surface area contributed by atoms with Crippen LogP contribution in [0.2, 0.25) is 0 Å². The number of hydrogen-bond donors (Lipinski definition) is 0. The van der Waals surface area contributed by atoms with Crippen LogP contribution in [-0.2, 0) is 19.3 Å². The Morgan fingerprint density at radius 2 is 2.00 bits per heavy atom. The van der Waals surface area contributed by atoms with Crippen LogP contribution >= 0.6 is 15.9 Å². The van der Waals surface area contributed by atoms with E-state index < -0.39 is 0 Å². The molecule has 0 aromatic heterocycles. The summed E-state index contributed by atoms with van der Waals surface area (Å²) in [6.07, 6.45) is 5.67. The van der Waals surface area contributed by atoms with Crippen molar-refractivity contribution in [2.75, 3.05) is 0 Å². The van der Waals surface area contributed by atoms with Gasteiger partial charge in [0.1, 0.15) is 0 Å². The number of ketones is 1. The van der Waals surface area contributed by atoms with Crippen LogP contribution in [0.15, 0.2) is 10.5 Å². The molecular weight excluding hydrogens is 264 g/mol. The number of aryl methyl sites for hydroxylation is 1. The van der Waals surface area contributed by atoms with Crippen LogP contribution in [0.3, 0.4) is 0 Å². The summed E-state index contributed by atoms with van der Waals surface area (Å²) >= 11 is 3.63. The summed E-state index contributed by atoms with van der Waals surface area (Å²) in [6, 6.07) is 2.25. The Morgan fingerprint density at radius 3 is 2.81 bits per heavy atom. The molecule has 0 bridgehead atoms. The highest BCUT2D eigenvalue weighted by Crippen LogP contribution is 2.39. The molecule has 0 spiro atoms. The predicted octanol–water partition coefficient (Wildman–Crippen LogP) is 3.70. The lowest BCUT2D eigenvalue weighted by molar-refractivity contribution is 0.0945. The van der Waals surface area contributed by atoms with E-state index in [0.29, 0.717) is 5.78 Å². The molecule has 16 heavy (non-hydrogen) atoms. The summed E-state index contributed by atoms with van der Waals surface area (Å²) in [7, 11) is 0. The van der Waals surface area contributed by atoms with Crippen molar-refractivity contribution >= 4 is 21.7 Å². The van der Waals surface area contributed by atoms with Crippen LogP contribution in [0.1, 0.15) is 46.8 Å². The molecule has 0 saturated heterocycles. The maximum absolute atomic E-state index is 12.2. The number of halogens is 1. The number of fused-ring (bicyclic) bond motifs is 3. The van der Waals surface area contributed by atoms with E-state index in [1.165, 1.54) is 29.5 Å². The Labute approximate surface area is 104 Å². The maximum Gasteiger partial charge on any atom is 0.166 e. The van der Waals surface area contributed by atoms with Gasteiger partial charge in [-0.3, -0.25) is 4.79 Å². The van der Waals surface area contributed by atoms with Crippen LogP contribution in [0, 0.1) is 5.92 Å². The molecule has 1 aromatic rings. The molecule has 1 nitrogen and oxygen atoms in total. The van der Waals surface area contributed by atoms with Crippen LogP contribution in [0.25, 0.3) is 0 Å². The highest BCUT2D eigenvalue weighted by atomic mass is 79.9. The second kappa shape index (κ2) is 3.69. The van der Waals surface area contributed by atoms with E-state index in [4.69, 9.17) is 0 Å². The van der Waals surface area contributed by atoms with Gasteiger partial charge in [-0.1, -0.05) is 22.9 Å². The molecule has 3 rings (SSSR count). The van der Waals surface area contributed by atoms with Crippen molar-refractivity contribution in [2.24, 2.45) is 5.92 Å². The Morgan fingerprint density at radius 1 is 1.25 bits per heavy atom. The van der Waals surface area contributed by atoms with Crippen molar-refractivity contribution in [1.82, 2.24) is 0 Å². The van der Waals surface area contributed by atoms with Gasteiger partial charge in [-0.15, -0.1) is 0 Å². The molecule has 1 unspecified atom stereocenters. The SMILES string of the molecule is CC1Cc2c(Br)cc3c(c2C1=O)CCCC3. The number of hydrogen-bond acceptors (Lipinski definition) is 1. The van der Waals surface area contributed by atoms with Crippen molar-refractivity contribution in [2.45, 2.75) is 39.0 Å². The van der Waals surface area contributed by atoms with Gasteiger partial charge in [0, 0.05) is 16.0 Å². The minimum Gasteiger partial charge on any atom is -0.294 e. The molecule has 0 heterocycles. The summed E-state index contributed by atoms with van der Waals surface area (Å²) in [5.41, 5.74) is 5.09. The lowest BCUT2D eigenvalue weighted by Crippen LogP contribution is -2.11. The average Bonchev–Trinajstić information content (AvgIpc) is 2.57. The second-order valence-electron chi connectivity index (χ2n) is 5.03. The molecule has 1 atom stereocenters. The van der Waals surface area contributed by atoms with Crippen molar-refractivity contribution in [3.63, 3.8) is 0 Å². The van der Waals surface area contributed by atoms with Crippen molar-refractivity contribution in [3.05, 3.63) is 32.8 Å². The van der Waals surface area contributed by atoms with Gasteiger partial charge >= 0.3 is 0 Å². The van der Waals surface area contributed by atoms with Crippen molar-refractivity contribution < 1.29 is 4.79 Å². The summed E-state index contributed by atoms with van der Waals surface area (Å²) in [4.78, 5) is 12.2. The molecule has 1 aromatic carbocycles. The quantitative estimate of drug-likeness (QED) is 0.707. The van der Waals surface area contributed by atoms with Gasteiger partial charge in [0.15, 0.2) is 5.78 Å². The zero-order chi connectivity index (χ0) is 11.3. The minimum atomic E-state index is 0.180. The second-order valence-corrected chi connectivity index (χ2v) is 5.88. The number of carbonyl (C=O) groups is 1. The van der Waals surface area contributed by atoms with Crippen LogP contribution in [0.4, 0.5) is 0 Å². The average molecular weight is 279 g/mol. The summed E-state index contributed by atoms with van der Waals surface area (Å²) in [5.74, 6) is 0.550. The van der Waals surface area contributed by atoms with Crippen LogP contribution in [-0.4, -0.2) is 5.78 Å². The molecule has 0 radical (unpaired) electrons. The molecule has 0 aliphatic heterocycles. The van der Waals surface area contributed by atoms with Gasteiger partial charge in [0.2, 0.25) is 0 Å². The topological polar surface area (TPSA) is 17.1 Å². The zero-order valence-electron chi connectivity index (χ0n) is 9.48. The predicted molar refractivity (Wildman–Crippen MR) is 68.0 cm³/mol. The summed E-state index contributed by atoms with van der Waals surface area (Å²) < 4.78 is 1.15. The molecule has 2 aliphatic rings. The number of Topliss-reactive ketones (excluding diaryl/α,β-unsaturated/α-hetero) is 1. The van der Waals surface area contributed by atoms with Gasteiger partial charge < -0.3 is 0 Å². The lowest BCUT2D eigenvalue weighted by Gasteiger charge is -2.19. The first-order chi connectivity index (χ1) is 7.68. The van der Waals surface area contributed by atoms with E-state index in [0.717, 1.165) is 29.3 Å². The number of carbonyl (C=O) groups excluding carboxylic acids is 1. The fraction of sp³-hybridized carbons (Fsp3) is 0.500. The third-order valence-corrected chi connectivity index (χ3v) is 4.62. The Hall–Kier alpha value is -0.630. The number of benzene rings is 1. The van der Waals surface area contributed by atoms with E-state index >= 15 is 0 Å². The normalized spacial score (nSPS) is 23.1.